The van der Waals surface area contributed by atoms with Gasteiger partial charge < -0.3 is 15.0 Å². The average Bonchev–Trinajstić information content (AvgIpc) is 2.89. The number of benzene rings is 3. The molecule has 5 nitrogen and oxygen atoms in total. The summed E-state index contributed by atoms with van der Waals surface area (Å²) in [4.78, 5) is 29.0. The molecule has 0 aliphatic heterocycles. The standard InChI is InChI=1S/C32H39ClN2O3/c1-23(2)20-34-31(37)28(19-24-13-7-6-8-14-24)35(21-25-15-9-11-17-27(25)33)30(36)22-38-29-18-12-10-16-26(29)32(3,4)5/h6-18,23,28H,19-22H2,1-5H3,(H,34,37). The van der Waals surface area contributed by atoms with Crippen molar-refractivity contribution in [2.75, 3.05) is 13.2 Å². The van der Waals surface area contributed by atoms with E-state index in [2.05, 4.69) is 26.1 Å². The van der Waals surface area contributed by atoms with Crippen molar-refractivity contribution in [1.82, 2.24) is 10.2 Å². The summed E-state index contributed by atoms with van der Waals surface area (Å²) < 4.78 is 6.10. The van der Waals surface area contributed by atoms with Gasteiger partial charge >= 0.3 is 0 Å². The Hall–Kier alpha value is -3.31. The number of ether oxygens (including phenoxy) is 1. The fraction of sp³-hybridized carbons (Fsp3) is 0.375. The van der Waals surface area contributed by atoms with Gasteiger partial charge in [0.1, 0.15) is 11.8 Å². The van der Waals surface area contributed by atoms with Crippen LogP contribution in [0.4, 0.5) is 0 Å². The lowest BCUT2D eigenvalue weighted by Gasteiger charge is -2.32. The number of hydrogen-bond donors (Lipinski definition) is 1. The van der Waals surface area contributed by atoms with E-state index in [9.17, 15) is 9.59 Å². The van der Waals surface area contributed by atoms with Gasteiger partial charge in [0.15, 0.2) is 6.61 Å². The second-order valence-corrected chi connectivity index (χ2v) is 11.4. The zero-order valence-electron chi connectivity index (χ0n) is 23.0. The number of hydrogen-bond acceptors (Lipinski definition) is 3. The average molecular weight is 535 g/mol. The molecule has 6 heteroatoms. The Labute approximate surface area is 232 Å². The van der Waals surface area contributed by atoms with Crippen LogP contribution in [0.15, 0.2) is 78.9 Å². The number of halogens is 1. The number of nitrogens with zero attached hydrogens (tertiary/aromatic N) is 1. The van der Waals surface area contributed by atoms with Gasteiger partial charge in [0.05, 0.1) is 0 Å². The van der Waals surface area contributed by atoms with Gasteiger partial charge in [-0.3, -0.25) is 9.59 Å². The minimum Gasteiger partial charge on any atom is -0.483 e. The fourth-order valence-electron chi connectivity index (χ4n) is 4.22. The molecule has 0 aliphatic carbocycles. The van der Waals surface area contributed by atoms with E-state index in [4.69, 9.17) is 16.3 Å². The summed E-state index contributed by atoms with van der Waals surface area (Å²) in [6.45, 7) is 10.9. The van der Waals surface area contributed by atoms with Crippen molar-refractivity contribution in [2.24, 2.45) is 5.92 Å². The predicted octanol–water partition coefficient (Wildman–Crippen LogP) is 6.43. The van der Waals surface area contributed by atoms with Crippen LogP contribution in [0.25, 0.3) is 0 Å². The highest BCUT2D eigenvalue weighted by atomic mass is 35.5. The van der Waals surface area contributed by atoms with E-state index in [-0.39, 0.29) is 36.3 Å². The molecule has 0 saturated carbocycles. The van der Waals surface area contributed by atoms with Gasteiger partial charge in [-0.2, -0.15) is 0 Å². The van der Waals surface area contributed by atoms with Gasteiger partial charge in [-0.25, -0.2) is 0 Å². The molecule has 1 N–H and O–H groups in total. The quantitative estimate of drug-likeness (QED) is 0.308. The maximum atomic E-state index is 13.8. The van der Waals surface area contributed by atoms with Crippen molar-refractivity contribution in [1.29, 1.82) is 0 Å². The summed E-state index contributed by atoms with van der Waals surface area (Å²) >= 11 is 6.49. The van der Waals surface area contributed by atoms with Crippen LogP contribution in [-0.4, -0.2) is 35.9 Å². The SMILES string of the molecule is CC(C)CNC(=O)C(Cc1ccccc1)N(Cc1ccccc1Cl)C(=O)COc1ccccc1C(C)(C)C. The first-order valence-corrected chi connectivity index (χ1v) is 13.5. The molecular weight excluding hydrogens is 496 g/mol. The van der Waals surface area contributed by atoms with E-state index in [1.807, 2.05) is 86.6 Å². The monoisotopic (exact) mass is 534 g/mol. The minimum absolute atomic E-state index is 0.149. The normalized spacial score (nSPS) is 12.2. The molecule has 1 unspecified atom stereocenters. The van der Waals surface area contributed by atoms with Crippen LogP contribution in [0.5, 0.6) is 5.75 Å². The third-order valence-corrected chi connectivity index (χ3v) is 6.67. The second-order valence-electron chi connectivity index (χ2n) is 11.0. The van der Waals surface area contributed by atoms with Crippen LogP contribution < -0.4 is 10.1 Å². The summed E-state index contributed by atoms with van der Waals surface area (Å²) in [7, 11) is 0. The summed E-state index contributed by atoms with van der Waals surface area (Å²) in [5, 5.41) is 3.58. The number of para-hydroxylation sites is 1. The van der Waals surface area contributed by atoms with Gasteiger partial charge in [0.2, 0.25) is 5.91 Å². The first-order chi connectivity index (χ1) is 18.1. The molecule has 1 atom stereocenters. The Kier molecular flexibility index (Phi) is 10.4. The van der Waals surface area contributed by atoms with Crippen LogP contribution in [0.2, 0.25) is 5.02 Å². The van der Waals surface area contributed by atoms with E-state index in [0.29, 0.717) is 23.7 Å². The lowest BCUT2D eigenvalue weighted by molar-refractivity contribution is -0.142. The van der Waals surface area contributed by atoms with Crippen molar-refractivity contribution >= 4 is 23.4 Å². The number of carbonyl (C=O) groups is 2. The number of nitrogens with one attached hydrogen (secondary N) is 1. The van der Waals surface area contributed by atoms with Crippen molar-refractivity contribution in [3.05, 3.63) is 101 Å². The zero-order valence-corrected chi connectivity index (χ0v) is 23.8. The Morgan fingerprint density at radius 1 is 0.921 bits per heavy atom. The predicted molar refractivity (Wildman–Crippen MR) is 154 cm³/mol. The molecule has 0 heterocycles. The van der Waals surface area contributed by atoms with Gasteiger partial charge in [-0.05, 0) is 40.2 Å². The highest BCUT2D eigenvalue weighted by Gasteiger charge is 2.31. The molecule has 3 rings (SSSR count). The van der Waals surface area contributed by atoms with Crippen LogP contribution in [0, 0.1) is 5.92 Å². The molecule has 0 fully saturated rings. The Morgan fingerprint density at radius 3 is 2.21 bits per heavy atom. The molecule has 0 aromatic heterocycles. The van der Waals surface area contributed by atoms with E-state index in [1.54, 1.807) is 11.0 Å². The highest BCUT2D eigenvalue weighted by molar-refractivity contribution is 6.31. The molecule has 0 spiro atoms. The Balaban J connectivity index is 1.94. The topological polar surface area (TPSA) is 58.6 Å². The molecule has 3 aromatic rings. The zero-order chi connectivity index (χ0) is 27.7. The van der Waals surface area contributed by atoms with E-state index < -0.39 is 6.04 Å². The molecule has 2 amide bonds. The summed E-state index contributed by atoms with van der Waals surface area (Å²) in [5.74, 6) is 0.462. The van der Waals surface area contributed by atoms with Gasteiger partial charge in [-0.15, -0.1) is 0 Å². The molecule has 0 radical (unpaired) electrons. The lowest BCUT2D eigenvalue weighted by Crippen LogP contribution is -2.52. The van der Waals surface area contributed by atoms with Crippen molar-refractivity contribution in [3.8, 4) is 5.75 Å². The van der Waals surface area contributed by atoms with Crippen molar-refractivity contribution < 1.29 is 14.3 Å². The van der Waals surface area contributed by atoms with E-state index in [1.165, 1.54) is 0 Å². The third-order valence-electron chi connectivity index (χ3n) is 6.30. The fourth-order valence-corrected chi connectivity index (χ4v) is 4.42. The highest BCUT2D eigenvalue weighted by Crippen LogP contribution is 2.31. The van der Waals surface area contributed by atoms with Crippen molar-refractivity contribution in [2.45, 2.75) is 59.0 Å². The van der Waals surface area contributed by atoms with Crippen LogP contribution >= 0.6 is 11.6 Å². The summed E-state index contributed by atoms with van der Waals surface area (Å²) in [6.07, 6.45) is 0.375. The number of rotatable bonds is 11. The smallest absolute Gasteiger partial charge is 0.261 e. The maximum Gasteiger partial charge on any atom is 0.261 e. The van der Waals surface area contributed by atoms with Crippen LogP contribution in [0.1, 0.15) is 51.3 Å². The first kappa shape index (κ1) is 29.2. The van der Waals surface area contributed by atoms with Gasteiger partial charge in [0.25, 0.3) is 5.91 Å². The molecule has 202 valence electrons. The number of carbonyl (C=O) groups excluding carboxylic acids is 2. The minimum atomic E-state index is -0.735. The summed E-state index contributed by atoms with van der Waals surface area (Å²) in [6, 6.07) is 24.2. The van der Waals surface area contributed by atoms with E-state index in [0.717, 1.165) is 16.7 Å². The van der Waals surface area contributed by atoms with E-state index >= 15 is 0 Å². The van der Waals surface area contributed by atoms with Gasteiger partial charge in [-0.1, -0.05) is 113 Å². The molecule has 0 saturated heterocycles. The Morgan fingerprint density at radius 2 is 1.55 bits per heavy atom. The number of amides is 2. The molecule has 3 aromatic carbocycles. The van der Waals surface area contributed by atoms with Crippen molar-refractivity contribution in [3.63, 3.8) is 0 Å². The molecule has 0 bridgehead atoms. The lowest BCUT2D eigenvalue weighted by atomic mass is 9.86. The van der Waals surface area contributed by atoms with Crippen LogP contribution in [0.3, 0.4) is 0 Å². The molecule has 38 heavy (non-hydrogen) atoms. The molecule has 0 aliphatic rings. The molecular formula is C32H39ClN2O3. The third kappa shape index (κ3) is 8.35. The first-order valence-electron chi connectivity index (χ1n) is 13.1. The van der Waals surface area contributed by atoms with Crippen LogP contribution in [-0.2, 0) is 28.0 Å². The largest absolute Gasteiger partial charge is 0.483 e. The van der Waals surface area contributed by atoms with Gasteiger partial charge in [0, 0.05) is 24.5 Å². The maximum absolute atomic E-state index is 13.8. The Bertz CT molecular complexity index is 1200. The summed E-state index contributed by atoms with van der Waals surface area (Å²) in [5.41, 5.74) is 2.60. The second kappa shape index (κ2) is 13.5.